The smallest absolute Gasteiger partial charge is 0.191 e. The topological polar surface area (TPSA) is 76.4 Å². The van der Waals surface area contributed by atoms with Crippen molar-refractivity contribution in [2.75, 3.05) is 20.2 Å². The Bertz CT molecular complexity index is 728. The third-order valence-electron chi connectivity index (χ3n) is 3.85. The van der Waals surface area contributed by atoms with Crippen molar-refractivity contribution in [3.05, 3.63) is 40.4 Å². The van der Waals surface area contributed by atoms with Crippen LogP contribution >= 0.6 is 11.6 Å². The minimum absolute atomic E-state index is 0.468. The van der Waals surface area contributed by atoms with Crippen LogP contribution in [-0.4, -0.2) is 40.9 Å². The van der Waals surface area contributed by atoms with Crippen molar-refractivity contribution in [3.8, 4) is 5.75 Å². The maximum Gasteiger partial charge on any atom is 0.191 e. The fourth-order valence-electron chi connectivity index (χ4n) is 2.25. The number of hydrogen-bond donors (Lipinski definition) is 2. The molecule has 0 saturated carbocycles. The standard InChI is InChI=1S/C17H25ClN6O/c1-5-19-17(21-11-16-23-22-12(2)24(16)3)20-9-8-13-6-7-14(25-4)10-15(13)18/h6-7,10H,5,8-9,11H2,1-4H3,(H2,19,20,21). The van der Waals surface area contributed by atoms with E-state index in [9.17, 15) is 0 Å². The number of ether oxygens (including phenoxy) is 1. The first-order chi connectivity index (χ1) is 12.0. The molecule has 0 atom stereocenters. The Balaban J connectivity index is 1.93. The van der Waals surface area contributed by atoms with Crippen molar-refractivity contribution in [3.63, 3.8) is 0 Å². The summed E-state index contributed by atoms with van der Waals surface area (Å²) in [6, 6.07) is 5.72. The van der Waals surface area contributed by atoms with E-state index in [1.807, 2.05) is 43.7 Å². The number of aryl methyl sites for hydroxylation is 1. The Morgan fingerprint density at radius 3 is 2.72 bits per heavy atom. The zero-order chi connectivity index (χ0) is 18.2. The lowest BCUT2D eigenvalue weighted by molar-refractivity contribution is 0.414. The molecule has 0 amide bonds. The van der Waals surface area contributed by atoms with Gasteiger partial charge in [0.2, 0.25) is 0 Å². The second-order valence-electron chi connectivity index (χ2n) is 5.55. The summed E-state index contributed by atoms with van der Waals surface area (Å²) >= 11 is 6.27. The maximum atomic E-state index is 6.27. The van der Waals surface area contributed by atoms with Crippen molar-refractivity contribution in [1.29, 1.82) is 0 Å². The van der Waals surface area contributed by atoms with Gasteiger partial charge in [0.15, 0.2) is 11.8 Å². The van der Waals surface area contributed by atoms with E-state index in [1.165, 1.54) is 0 Å². The molecule has 0 aliphatic rings. The second-order valence-corrected chi connectivity index (χ2v) is 5.96. The van der Waals surface area contributed by atoms with Crippen molar-refractivity contribution in [2.24, 2.45) is 12.0 Å². The van der Waals surface area contributed by atoms with Gasteiger partial charge in [0.25, 0.3) is 0 Å². The van der Waals surface area contributed by atoms with Gasteiger partial charge in [-0.2, -0.15) is 0 Å². The minimum Gasteiger partial charge on any atom is -0.497 e. The molecule has 0 saturated heterocycles. The molecule has 136 valence electrons. The molecule has 0 spiro atoms. The summed E-state index contributed by atoms with van der Waals surface area (Å²) in [5.41, 5.74) is 1.06. The SMILES string of the molecule is CCNC(=NCc1nnc(C)n1C)NCCc1ccc(OC)cc1Cl. The summed E-state index contributed by atoms with van der Waals surface area (Å²) in [6.07, 6.45) is 0.788. The number of halogens is 1. The van der Waals surface area contributed by atoms with Gasteiger partial charge in [0.05, 0.1) is 7.11 Å². The Morgan fingerprint density at radius 1 is 1.32 bits per heavy atom. The van der Waals surface area contributed by atoms with Crippen molar-refractivity contribution < 1.29 is 4.74 Å². The molecular formula is C17H25ClN6O. The molecule has 0 fully saturated rings. The predicted molar refractivity (Wildman–Crippen MR) is 100 cm³/mol. The molecule has 25 heavy (non-hydrogen) atoms. The van der Waals surface area contributed by atoms with Crippen molar-refractivity contribution in [1.82, 2.24) is 25.4 Å². The van der Waals surface area contributed by atoms with E-state index in [-0.39, 0.29) is 0 Å². The fraction of sp³-hybridized carbons (Fsp3) is 0.471. The van der Waals surface area contributed by atoms with Gasteiger partial charge in [-0.15, -0.1) is 10.2 Å². The number of benzene rings is 1. The fourth-order valence-corrected chi connectivity index (χ4v) is 2.52. The number of nitrogens with one attached hydrogen (secondary N) is 2. The molecule has 2 aromatic rings. The van der Waals surface area contributed by atoms with Crippen LogP contribution in [0.25, 0.3) is 0 Å². The molecule has 8 heteroatoms. The lowest BCUT2D eigenvalue weighted by Crippen LogP contribution is -2.38. The van der Waals surface area contributed by atoms with Gasteiger partial charge in [-0.25, -0.2) is 4.99 Å². The average Bonchev–Trinajstić information content (AvgIpc) is 2.92. The highest BCUT2D eigenvalue weighted by Crippen LogP contribution is 2.22. The van der Waals surface area contributed by atoms with Crippen LogP contribution in [0.4, 0.5) is 0 Å². The number of aliphatic imine (C=N–C) groups is 1. The maximum absolute atomic E-state index is 6.27. The first kappa shape index (κ1) is 19.1. The molecule has 0 unspecified atom stereocenters. The molecule has 0 bridgehead atoms. The Labute approximate surface area is 153 Å². The van der Waals surface area contributed by atoms with Gasteiger partial charge in [-0.05, 0) is 38.0 Å². The number of guanidine groups is 1. The molecule has 0 radical (unpaired) electrons. The van der Waals surface area contributed by atoms with Crippen LogP contribution in [0.2, 0.25) is 5.02 Å². The lowest BCUT2D eigenvalue weighted by Gasteiger charge is -2.12. The van der Waals surface area contributed by atoms with E-state index in [0.29, 0.717) is 11.6 Å². The van der Waals surface area contributed by atoms with E-state index < -0.39 is 0 Å². The van der Waals surface area contributed by atoms with Gasteiger partial charge in [-0.1, -0.05) is 17.7 Å². The lowest BCUT2D eigenvalue weighted by atomic mass is 10.1. The first-order valence-corrected chi connectivity index (χ1v) is 8.62. The highest BCUT2D eigenvalue weighted by molar-refractivity contribution is 6.31. The third-order valence-corrected chi connectivity index (χ3v) is 4.20. The molecule has 1 aromatic carbocycles. The molecule has 7 nitrogen and oxygen atoms in total. The summed E-state index contributed by atoms with van der Waals surface area (Å²) in [4.78, 5) is 4.56. The van der Waals surface area contributed by atoms with Crippen LogP contribution in [0, 0.1) is 6.92 Å². The van der Waals surface area contributed by atoms with Gasteiger partial charge >= 0.3 is 0 Å². The molecular weight excluding hydrogens is 340 g/mol. The van der Waals surface area contributed by atoms with E-state index >= 15 is 0 Å². The van der Waals surface area contributed by atoms with Gasteiger partial charge < -0.3 is 19.9 Å². The monoisotopic (exact) mass is 364 g/mol. The van der Waals surface area contributed by atoms with Crippen molar-refractivity contribution in [2.45, 2.75) is 26.8 Å². The summed E-state index contributed by atoms with van der Waals surface area (Å²) < 4.78 is 7.10. The van der Waals surface area contributed by atoms with Crippen LogP contribution in [0.15, 0.2) is 23.2 Å². The number of methoxy groups -OCH3 is 1. The second kappa shape index (κ2) is 9.27. The van der Waals surface area contributed by atoms with Crippen LogP contribution in [0.5, 0.6) is 5.75 Å². The van der Waals surface area contributed by atoms with Crippen LogP contribution in [-0.2, 0) is 20.0 Å². The van der Waals surface area contributed by atoms with E-state index in [1.54, 1.807) is 7.11 Å². The largest absolute Gasteiger partial charge is 0.497 e. The summed E-state index contributed by atoms with van der Waals surface area (Å²) in [5, 5.41) is 15.4. The minimum atomic E-state index is 0.468. The van der Waals surface area contributed by atoms with E-state index in [0.717, 1.165) is 48.4 Å². The number of nitrogens with zero attached hydrogens (tertiary/aromatic N) is 4. The summed E-state index contributed by atoms with van der Waals surface area (Å²) in [5.74, 6) is 3.20. The van der Waals surface area contributed by atoms with E-state index in [2.05, 4.69) is 25.8 Å². The Hall–Kier alpha value is -2.28. The number of rotatable bonds is 7. The number of aromatic nitrogens is 3. The van der Waals surface area contributed by atoms with Gasteiger partial charge in [0, 0.05) is 25.2 Å². The van der Waals surface area contributed by atoms with Crippen LogP contribution < -0.4 is 15.4 Å². The van der Waals surface area contributed by atoms with Gasteiger partial charge in [0.1, 0.15) is 18.1 Å². The Morgan fingerprint density at radius 2 is 2.12 bits per heavy atom. The average molecular weight is 365 g/mol. The zero-order valence-corrected chi connectivity index (χ0v) is 15.9. The summed E-state index contributed by atoms with van der Waals surface area (Å²) in [7, 11) is 3.57. The molecule has 2 rings (SSSR count). The van der Waals surface area contributed by atoms with E-state index in [4.69, 9.17) is 16.3 Å². The predicted octanol–water partition coefficient (Wildman–Crippen LogP) is 2.08. The molecule has 1 aromatic heterocycles. The first-order valence-electron chi connectivity index (χ1n) is 8.24. The Kier molecular flexibility index (Phi) is 7.06. The molecule has 2 N–H and O–H groups in total. The highest BCUT2D eigenvalue weighted by Gasteiger charge is 2.06. The van der Waals surface area contributed by atoms with Gasteiger partial charge in [-0.3, -0.25) is 0 Å². The number of hydrogen-bond acceptors (Lipinski definition) is 4. The van der Waals surface area contributed by atoms with Crippen LogP contribution in [0.1, 0.15) is 24.1 Å². The molecule has 1 heterocycles. The zero-order valence-electron chi connectivity index (χ0n) is 15.1. The van der Waals surface area contributed by atoms with Crippen LogP contribution in [0.3, 0.4) is 0 Å². The third kappa shape index (κ3) is 5.35. The molecule has 0 aliphatic heterocycles. The van der Waals surface area contributed by atoms with Crippen molar-refractivity contribution >= 4 is 17.6 Å². The highest BCUT2D eigenvalue weighted by atomic mass is 35.5. The quantitative estimate of drug-likeness (QED) is 0.581. The molecule has 0 aliphatic carbocycles. The normalized spacial score (nSPS) is 11.5. The summed E-state index contributed by atoms with van der Waals surface area (Å²) in [6.45, 7) is 5.92.